The van der Waals surface area contributed by atoms with Crippen molar-refractivity contribution < 1.29 is 14.2 Å². The Morgan fingerprint density at radius 1 is 1.30 bits per heavy atom. The van der Waals surface area contributed by atoms with Crippen LogP contribution < -0.4 is 0 Å². The third kappa shape index (κ3) is 0.856. The van der Waals surface area contributed by atoms with E-state index in [1.54, 1.807) is 7.11 Å². The van der Waals surface area contributed by atoms with Gasteiger partial charge in [0, 0.05) is 13.0 Å². The lowest BCUT2D eigenvalue weighted by Gasteiger charge is -2.11. The molecule has 58 valence electrons. The van der Waals surface area contributed by atoms with Crippen LogP contribution in [0.15, 0.2) is 0 Å². The molecule has 2 saturated heterocycles. The SMILES string of the molecule is COC1COC2COCC12. The molecule has 2 aliphatic heterocycles. The Morgan fingerprint density at radius 3 is 3.00 bits per heavy atom. The summed E-state index contributed by atoms with van der Waals surface area (Å²) < 4.78 is 15.9. The second kappa shape index (κ2) is 2.49. The smallest absolute Gasteiger partial charge is 0.0885 e. The average Bonchev–Trinajstić information content (AvgIpc) is 2.44. The molecule has 2 fully saturated rings. The highest BCUT2D eigenvalue weighted by molar-refractivity contribution is 4.87. The zero-order valence-corrected chi connectivity index (χ0v) is 6.08. The van der Waals surface area contributed by atoms with Crippen molar-refractivity contribution in [2.75, 3.05) is 26.9 Å². The largest absolute Gasteiger partial charge is 0.379 e. The summed E-state index contributed by atoms with van der Waals surface area (Å²) in [5.74, 6) is 0.491. The minimum absolute atomic E-state index is 0.271. The molecule has 2 aliphatic rings. The van der Waals surface area contributed by atoms with Crippen LogP contribution in [0.25, 0.3) is 0 Å². The fourth-order valence-electron chi connectivity index (χ4n) is 1.65. The van der Waals surface area contributed by atoms with E-state index >= 15 is 0 Å². The van der Waals surface area contributed by atoms with Crippen LogP contribution in [0.4, 0.5) is 0 Å². The highest BCUT2D eigenvalue weighted by Crippen LogP contribution is 2.28. The molecule has 3 atom stereocenters. The van der Waals surface area contributed by atoms with Crippen LogP contribution in [-0.4, -0.2) is 39.1 Å². The molecule has 0 aromatic heterocycles. The van der Waals surface area contributed by atoms with Crippen molar-refractivity contribution in [2.45, 2.75) is 12.2 Å². The number of methoxy groups -OCH3 is 1. The van der Waals surface area contributed by atoms with E-state index in [1.807, 2.05) is 0 Å². The first-order valence-corrected chi connectivity index (χ1v) is 3.64. The molecule has 10 heavy (non-hydrogen) atoms. The van der Waals surface area contributed by atoms with Gasteiger partial charge in [-0.05, 0) is 0 Å². The third-order valence-electron chi connectivity index (χ3n) is 2.32. The molecule has 0 aliphatic carbocycles. The molecule has 0 bridgehead atoms. The van der Waals surface area contributed by atoms with Gasteiger partial charge >= 0.3 is 0 Å². The van der Waals surface area contributed by atoms with Gasteiger partial charge in [0.2, 0.25) is 0 Å². The Bertz CT molecular complexity index is 126. The van der Waals surface area contributed by atoms with Crippen molar-refractivity contribution in [1.82, 2.24) is 0 Å². The molecule has 0 aromatic carbocycles. The Morgan fingerprint density at radius 2 is 2.20 bits per heavy atom. The fraction of sp³-hybridized carbons (Fsp3) is 1.00. The number of rotatable bonds is 1. The van der Waals surface area contributed by atoms with E-state index in [9.17, 15) is 0 Å². The Labute approximate surface area is 60.3 Å². The molecule has 0 amide bonds. The average molecular weight is 144 g/mol. The van der Waals surface area contributed by atoms with Crippen LogP contribution in [-0.2, 0) is 14.2 Å². The summed E-state index contributed by atoms with van der Waals surface area (Å²) >= 11 is 0. The first kappa shape index (κ1) is 6.58. The van der Waals surface area contributed by atoms with Gasteiger partial charge in [-0.2, -0.15) is 0 Å². The van der Waals surface area contributed by atoms with E-state index in [1.165, 1.54) is 0 Å². The molecule has 0 spiro atoms. The molecule has 0 aromatic rings. The molecule has 3 unspecified atom stereocenters. The lowest BCUT2D eigenvalue weighted by atomic mass is 10.0. The van der Waals surface area contributed by atoms with Crippen LogP contribution in [0.1, 0.15) is 0 Å². The Balaban J connectivity index is 2.01. The molecule has 3 nitrogen and oxygen atoms in total. The third-order valence-corrected chi connectivity index (χ3v) is 2.32. The minimum atomic E-state index is 0.271. The van der Waals surface area contributed by atoms with Crippen LogP contribution in [0.2, 0.25) is 0 Å². The lowest BCUT2D eigenvalue weighted by molar-refractivity contribution is 0.0243. The van der Waals surface area contributed by atoms with E-state index in [2.05, 4.69) is 0 Å². The fourth-order valence-corrected chi connectivity index (χ4v) is 1.65. The number of fused-ring (bicyclic) bond motifs is 1. The molecular weight excluding hydrogens is 132 g/mol. The number of ether oxygens (including phenoxy) is 3. The summed E-state index contributed by atoms with van der Waals surface area (Å²) in [4.78, 5) is 0. The molecule has 0 N–H and O–H groups in total. The van der Waals surface area contributed by atoms with E-state index in [-0.39, 0.29) is 6.10 Å². The standard InChI is InChI=1S/C7H12O3/c1-8-6-4-10-7-3-9-2-5(6)7/h5-7H,2-4H2,1H3. The quantitative estimate of drug-likeness (QED) is 0.520. The van der Waals surface area contributed by atoms with Crippen LogP contribution in [0, 0.1) is 5.92 Å². The second-order valence-corrected chi connectivity index (χ2v) is 2.85. The van der Waals surface area contributed by atoms with Crippen LogP contribution >= 0.6 is 0 Å². The maximum Gasteiger partial charge on any atom is 0.0885 e. The van der Waals surface area contributed by atoms with Crippen molar-refractivity contribution in [3.05, 3.63) is 0 Å². The van der Waals surface area contributed by atoms with Gasteiger partial charge in [0.05, 0.1) is 32.0 Å². The maximum atomic E-state index is 5.43. The van der Waals surface area contributed by atoms with Crippen molar-refractivity contribution >= 4 is 0 Å². The predicted octanol–water partition coefficient (Wildman–Crippen LogP) is 0.0466. The summed E-state index contributed by atoms with van der Waals surface area (Å²) in [5, 5.41) is 0. The highest BCUT2D eigenvalue weighted by Gasteiger charge is 2.41. The highest BCUT2D eigenvalue weighted by atomic mass is 16.6. The van der Waals surface area contributed by atoms with Crippen molar-refractivity contribution in [3.63, 3.8) is 0 Å². The molecule has 3 heteroatoms. The molecule has 2 heterocycles. The van der Waals surface area contributed by atoms with E-state index in [0.29, 0.717) is 12.0 Å². The first-order valence-electron chi connectivity index (χ1n) is 3.64. The van der Waals surface area contributed by atoms with Crippen LogP contribution in [0.5, 0.6) is 0 Å². The summed E-state index contributed by atoms with van der Waals surface area (Å²) in [6.45, 7) is 2.31. The van der Waals surface area contributed by atoms with Crippen molar-refractivity contribution in [1.29, 1.82) is 0 Å². The lowest BCUT2D eigenvalue weighted by Crippen LogP contribution is -2.24. The van der Waals surface area contributed by atoms with Crippen molar-refractivity contribution in [3.8, 4) is 0 Å². The van der Waals surface area contributed by atoms with Gasteiger partial charge in [-0.3, -0.25) is 0 Å². The second-order valence-electron chi connectivity index (χ2n) is 2.85. The molecule has 0 saturated carbocycles. The summed E-state index contributed by atoms with van der Waals surface area (Å²) in [6.07, 6.45) is 0.581. The summed E-state index contributed by atoms with van der Waals surface area (Å²) in [5.41, 5.74) is 0. The van der Waals surface area contributed by atoms with Crippen LogP contribution in [0.3, 0.4) is 0 Å². The normalized spacial score (nSPS) is 45.9. The Kier molecular flexibility index (Phi) is 1.64. The summed E-state index contributed by atoms with van der Waals surface area (Å²) in [6, 6.07) is 0. The molecular formula is C7H12O3. The zero-order chi connectivity index (χ0) is 6.97. The topological polar surface area (TPSA) is 27.7 Å². The van der Waals surface area contributed by atoms with E-state index < -0.39 is 0 Å². The zero-order valence-electron chi connectivity index (χ0n) is 6.08. The minimum Gasteiger partial charge on any atom is -0.379 e. The van der Waals surface area contributed by atoms with Gasteiger partial charge < -0.3 is 14.2 Å². The maximum absolute atomic E-state index is 5.43. The number of hydrogen-bond donors (Lipinski definition) is 0. The molecule has 0 radical (unpaired) electrons. The van der Waals surface area contributed by atoms with Gasteiger partial charge in [-0.15, -0.1) is 0 Å². The van der Waals surface area contributed by atoms with Gasteiger partial charge in [0.1, 0.15) is 0 Å². The number of hydrogen-bond acceptors (Lipinski definition) is 3. The van der Waals surface area contributed by atoms with Gasteiger partial charge in [-0.25, -0.2) is 0 Å². The summed E-state index contributed by atoms with van der Waals surface area (Å²) in [7, 11) is 1.73. The first-order chi connectivity index (χ1) is 4.92. The predicted molar refractivity (Wildman–Crippen MR) is 34.8 cm³/mol. The van der Waals surface area contributed by atoms with Gasteiger partial charge in [0.25, 0.3) is 0 Å². The van der Waals surface area contributed by atoms with Gasteiger partial charge in [-0.1, -0.05) is 0 Å². The van der Waals surface area contributed by atoms with E-state index in [4.69, 9.17) is 14.2 Å². The Hall–Kier alpha value is -0.120. The monoisotopic (exact) mass is 144 g/mol. The van der Waals surface area contributed by atoms with Crippen molar-refractivity contribution in [2.24, 2.45) is 5.92 Å². The van der Waals surface area contributed by atoms with Gasteiger partial charge in [0.15, 0.2) is 0 Å². The van der Waals surface area contributed by atoms with E-state index in [0.717, 1.165) is 19.8 Å². The molecule has 2 rings (SSSR count).